The quantitative estimate of drug-likeness (QED) is 0.756. The van der Waals surface area contributed by atoms with E-state index in [4.69, 9.17) is 0 Å². The monoisotopic (exact) mass is 308 g/mol. The molecular weight excluding hydrogens is 303 g/mol. The van der Waals surface area contributed by atoms with Crippen LogP contribution in [0.3, 0.4) is 0 Å². The van der Waals surface area contributed by atoms with Crippen molar-refractivity contribution in [3.63, 3.8) is 0 Å². The SMILES string of the molecule is Cc1cscc1-c1nsc(I)n1. The second-order valence-corrected chi connectivity index (χ2v) is 5.59. The summed E-state index contributed by atoms with van der Waals surface area (Å²) in [5.41, 5.74) is 2.42. The molecule has 62 valence electrons. The lowest BCUT2D eigenvalue weighted by Gasteiger charge is -1.89. The first-order chi connectivity index (χ1) is 5.77. The Morgan fingerprint density at radius 1 is 1.42 bits per heavy atom. The first kappa shape index (κ1) is 8.58. The van der Waals surface area contributed by atoms with E-state index in [-0.39, 0.29) is 0 Å². The standard InChI is InChI=1S/C7H5IN2S2/c1-4-2-11-3-5(4)6-9-7(8)12-10-6/h2-3H,1H3. The van der Waals surface area contributed by atoms with Crippen molar-refractivity contribution < 1.29 is 0 Å². The molecule has 0 amide bonds. The Hall–Kier alpha value is -0.0100. The maximum absolute atomic E-state index is 4.31. The molecule has 2 aromatic rings. The van der Waals surface area contributed by atoms with Crippen LogP contribution < -0.4 is 0 Å². The molecular formula is C7H5IN2S2. The molecule has 0 radical (unpaired) electrons. The number of hydrogen-bond acceptors (Lipinski definition) is 4. The minimum Gasteiger partial charge on any atom is -0.209 e. The molecule has 0 saturated heterocycles. The van der Waals surface area contributed by atoms with Crippen LogP contribution in [0.1, 0.15) is 5.56 Å². The maximum atomic E-state index is 4.31. The number of rotatable bonds is 1. The second-order valence-electron chi connectivity index (χ2n) is 2.34. The van der Waals surface area contributed by atoms with E-state index in [2.05, 4.69) is 49.6 Å². The van der Waals surface area contributed by atoms with E-state index in [9.17, 15) is 0 Å². The van der Waals surface area contributed by atoms with Gasteiger partial charge in [-0.1, -0.05) is 0 Å². The zero-order chi connectivity index (χ0) is 8.55. The van der Waals surface area contributed by atoms with E-state index in [1.54, 1.807) is 11.3 Å². The fourth-order valence-corrected chi connectivity index (χ4v) is 2.68. The molecule has 2 heterocycles. The molecule has 2 aromatic heterocycles. The van der Waals surface area contributed by atoms with E-state index in [1.807, 2.05) is 0 Å². The smallest absolute Gasteiger partial charge is 0.175 e. The van der Waals surface area contributed by atoms with Gasteiger partial charge in [0.1, 0.15) is 0 Å². The summed E-state index contributed by atoms with van der Waals surface area (Å²) in [5, 5.41) is 4.21. The van der Waals surface area contributed by atoms with Gasteiger partial charge < -0.3 is 0 Å². The van der Waals surface area contributed by atoms with E-state index in [1.165, 1.54) is 22.7 Å². The summed E-state index contributed by atoms with van der Waals surface area (Å²) in [5.74, 6) is 0.864. The van der Waals surface area contributed by atoms with Gasteiger partial charge in [-0.05, 0) is 52.0 Å². The van der Waals surface area contributed by atoms with E-state index in [0.717, 1.165) is 8.84 Å². The predicted molar refractivity (Wildman–Crippen MR) is 60.7 cm³/mol. The number of aromatic nitrogens is 2. The highest BCUT2D eigenvalue weighted by atomic mass is 127. The van der Waals surface area contributed by atoms with Gasteiger partial charge in [0.05, 0.1) is 0 Å². The number of nitrogens with zero attached hydrogens (tertiary/aromatic N) is 2. The van der Waals surface area contributed by atoms with Crippen LogP contribution in [0, 0.1) is 9.94 Å². The molecule has 2 rings (SSSR count). The van der Waals surface area contributed by atoms with Crippen LogP contribution in [0.15, 0.2) is 10.8 Å². The van der Waals surface area contributed by atoms with Crippen LogP contribution in [-0.2, 0) is 0 Å². The molecule has 0 N–H and O–H groups in total. The zero-order valence-corrected chi connectivity index (χ0v) is 10.0. The Morgan fingerprint density at radius 2 is 2.25 bits per heavy atom. The summed E-state index contributed by atoms with van der Waals surface area (Å²) < 4.78 is 5.24. The van der Waals surface area contributed by atoms with Crippen LogP contribution in [0.2, 0.25) is 0 Å². The van der Waals surface area contributed by atoms with Gasteiger partial charge in [-0.15, -0.1) is 0 Å². The van der Waals surface area contributed by atoms with Crippen LogP contribution in [0.4, 0.5) is 0 Å². The minimum atomic E-state index is 0.864. The Morgan fingerprint density at radius 3 is 2.75 bits per heavy atom. The Balaban J connectivity index is 2.50. The van der Waals surface area contributed by atoms with Crippen LogP contribution in [0.5, 0.6) is 0 Å². The van der Waals surface area contributed by atoms with Crippen molar-refractivity contribution in [2.24, 2.45) is 0 Å². The maximum Gasteiger partial charge on any atom is 0.175 e. The average Bonchev–Trinajstić information content (AvgIpc) is 2.58. The molecule has 2 nitrogen and oxygen atoms in total. The third-order valence-corrected chi connectivity index (χ3v) is 3.70. The third kappa shape index (κ3) is 1.53. The minimum absolute atomic E-state index is 0.864. The zero-order valence-electron chi connectivity index (χ0n) is 6.24. The van der Waals surface area contributed by atoms with Gasteiger partial charge in [0.2, 0.25) is 0 Å². The highest BCUT2D eigenvalue weighted by molar-refractivity contribution is 14.1. The van der Waals surface area contributed by atoms with Gasteiger partial charge in [0.25, 0.3) is 0 Å². The fraction of sp³-hybridized carbons (Fsp3) is 0.143. The largest absolute Gasteiger partial charge is 0.209 e. The number of hydrogen-bond donors (Lipinski definition) is 0. The fourth-order valence-electron chi connectivity index (χ4n) is 0.904. The molecule has 0 fully saturated rings. The summed E-state index contributed by atoms with van der Waals surface area (Å²) >= 11 is 5.32. The van der Waals surface area contributed by atoms with Crippen molar-refractivity contribution in [1.82, 2.24) is 9.36 Å². The average molecular weight is 308 g/mol. The molecule has 0 spiro atoms. The molecule has 5 heteroatoms. The van der Waals surface area contributed by atoms with Crippen molar-refractivity contribution in [2.45, 2.75) is 6.92 Å². The molecule has 0 bridgehead atoms. The number of thiophene rings is 1. The van der Waals surface area contributed by atoms with Crippen molar-refractivity contribution in [3.05, 3.63) is 19.3 Å². The van der Waals surface area contributed by atoms with Crippen LogP contribution in [0.25, 0.3) is 11.4 Å². The lowest BCUT2D eigenvalue weighted by molar-refractivity contribution is 1.29. The second kappa shape index (κ2) is 3.39. The summed E-state index contributed by atoms with van der Waals surface area (Å²) in [6.45, 7) is 2.08. The molecule has 0 aliphatic carbocycles. The number of halogens is 1. The molecule has 0 atom stereocenters. The van der Waals surface area contributed by atoms with Crippen LogP contribution in [-0.4, -0.2) is 9.36 Å². The van der Waals surface area contributed by atoms with E-state index < -0.39 is 0 Å². The van der Waals surface area contributed by atoms with Gasteiger partial charge in [0.15, 0.2) is 8.84 Å². The van der Waals surface area contributed by atoms with E-state index in [0.29, 0.717) is 0 Å². The highest BCUT2D eigenvalue weighted by Gasteiger charge is 2.07. The van der Waals surface area contributed by atoms with Crippen molar-refractivity contribution in [1.29, 1.82) is 0 Å². The summed E-state index contributed by atoms with van der Waals surface area (Å²) in [6.07, 6.45) is 0. The highest BCUT2D eigenvalue weighted by Crippen LogP contribution is 2.25. The van der Waals surface area contributed by atoms with Crippen molar-refractivity contribution in [2.75, 3.05) is 0 Å². The van der Waals surface area contributed by atoms with Crippen molar-refractivity contribution >= 4 is 45.5 Å². The molecule has 0 unspecified atom stereocenters. The lowest BCUT2D eigenvalue weighted by atomic mass is 10.2. The molecule has 0 saturated carbocycles. The Bertz CT molecular complexity index is 394. The normalized spacial score (nSPS) is 10.5. The van der Waals surface area contributed by atoms with Gasteiger partial charge in [-0.25, -0.2) is 4.98 Å². The van der Waals surface area contributed by atoms with E-state index >= 15 is 0 Å². The number of aryl methyl sites for hydroxylation is 1. The third-order valence-electron chi connectivity index (χ3n) is 1.50. The topological polar surface area (TPSA) is 25.8 Å². The summed E-state index contributed by atoms with van der Waals surface area (Å²) in [4.78, 5) is 4.31. The first-order valence-electron chi connectivity index (χ1n) is 3.30. The van der Waals surface area contributed by atoms with Gasteiger partial charge in [0, 0.05) is 10.9 Å². The summed E-state index contributed by atoms with van der Waals surface area (Å²) in [6, 6.07) is 0. The Kier molecular flexibility index (Phi) is 2.42. The lowest BCUT2D eigenvalue weighted by Crippen LogP contribution is -1.79. The molecule has 0 aromatic carbocycles. The van der Waals surface area contributed by atoms with Crippen molar-refractivity contribution in [3.8, 4) is 11.4 Å². The van der Waals surface area contributed by atoms with Crippen LogP contribution >= 0.6 is 45.5 Å². The van der Waals surface area contributed by atoms with Gasteiger partial charge in [-0.3, -0.25) is 0 Å². The predicted octanol–water partition coefficient (Wildman–Crippen LogP) is 3.18. The van der Waals surface area contributed by atoms with Gasteiger partial charge in [-0.2, -0.15) is 15.7 Å². The summed E-state index contributed by atoms with van der Waals surface area (Å²) in [7, 11) is 0. The molecule has 0 aliphatic heterocycles. The Labute approximate surface area is 92.0 Å². The molecule has 0 aliphatic rings. The molecule has 12 heavy (non-hydrogen) atoms. The first-order valence-corrected chi connectivity index (χ1v) is 6.09. The van der Waals surface area contributed by atoms with Gasteiger partial charge >= 0.3 is 0 Å².